The average Bonchev–Trinajstić information content (AvgIpc) is 2.96. The lowest BCUT2D eigenvalue weighted by atomic mass is 10.1. The van der Waals surface area contributed by atoms with Crippen LogP contribution in [-0.2, 0) is 24.1 Å². The first-order valence-electron chi connectivity index (χ1n) is 7.27. The van der Waals surface area contributed by atoms with Crippen LogP contribution in [0.25, 0.3) is 0 Å². The van der Waals surface area contributed by atoms with Gasteiger partial charge in [0.05, 0.1) is 0 Å². The molecule has 0 saturated heterocycles. The highest BCUT2D eigenvalue weighted by atomic mass is 32.2. The quantitative estimate of drug-likeness (QED) is 0.648. The van der Waals surface area contributed by atoms with E-state index in [1.165, 1.54) is 17.5 Å². The van der Waals surface area contributed by atoms with Gasteiger partial charge in [-0.25, -0.2) is 9.00 Å². The van der Waals surface area contributed by atoms with E-state index in [1.807, 2.05) is 12.1 Å². The molecule has 1 unspecified atom stereocenters. The molecule has 1 atom stereocenters. The molecule has 120 valence electrons. The zero-order valence-electron chi connectivity index (χ0n) is 12.3. The van der Waals surface area contributed by atoms with Crippen molar-refractivity contribution >= 4 is 34.4 Å². The topological polar surface area (TPSA) is 90.5 Å². The molecule has 0 heterocycles. The maximum atomic E-state index is 12.0. The summed E-state index contributed by atoms with van der Waals surface area (Å²) in [6, 6.07) is 12.2. The number of aryl methyl sites for hydroxylation is 2. The number of benzene rings is 2. The number of hydrogen-bond acceptors (Lipinski definition) is 2. The van der Waals surface area contributed by atoms with Crippen LogP contribution in [0.4, 0.5) is 21.9 Å². The van der Waals surface area contributed by atoms with Crippen molar-refractivity contribution in [3.63, 3.8) is 0 Å². The van der Waals surface area contributed by atoms with Gasteiger partial charge < -0.3 is 10.6 Å². The fraction of sp³-hybridized carbons (Fsp3) is 0.188. The molecule has 3 rings (SSSR count). The minimum Gasteiger partial charge on any atom is -0.308 e. The number of carbonyl (C=O) groups is 1. The summed E-state index contributed by atoms with van der Waals surface area (Å²) in [5.74, 6) is 0. The number of fused-ring (bicyclic) bond motifs is 1. The molecule has 1 aliphatic carbocycles. The normalized spacial score (nSPS) is 14.0. The molecule has 0 fully saturated rings. The predicted octanol–water partition coefficient (Wildman–Crippen LogP) is 3.37. The number of nitrogens with one attached hydrogen (secondary N) is 3. The van der Waals surface area contributed by atoms with Crippen molar-refractivity contribution in [3.05, 3.63) is 53.6 Å². The predicted molar refractivity (Wildman–Crippen MR) is 91.9 cm³/mol. The first kappa shape index (κ1) is 15.5. The molecule has 6 nitrogen and oxygen atoms in total. The Balaban J connectivity index is 1.59. The molecule has 0 radical (unpaired) electrons. The fourth-order valence-corrected chi connectivity index (χ4v) is 3.00. The molecule has 1 aliphatic rings. The largest absolute Gasteiger partial charge is 0.323 e. The lowest BCUT2D eigenvalue weighted by Crippen LogP contribution is -2.19. The number of amides is 2. The third-order valence-corrected chi connectivity index (χ3v) is 4.11. The molecule has 2 aromatic carbocycles. The first-order valence-corrected chi connectivity index (χ1v) is 8.38. The van der Waals surface area contributed by atoms with Gasteiger partial charge in [0.25, 0.3) is 11.3 Å². The Hall–Kier alpha value is -2.38. The number of urea groups is 1. The molecule has 0 aliphatic heterocycles. The minimum absolute atomic E-state index is 0.325. The van der Waals surface area contributed by atoms with E-state index >= 15 is 0 Å². The van der Waals surface area contributed by atoms with Gasteiger partial charge >= 0.3 is 6.03 Å². The van der Waals surface area contributed by atoms with Gasteiger partial charge in [0, 0.05) is 17.1 Å². The van der Waals surface area contributed by atoms with E-state index in [-0.39, 0.29) is 6.03 Å². The van der Waals surface area contributed by atoms with Crippen LogP contribution in [0.2, 0.25) is 0 Å². The summed E-state index contributed by atoms with van der Waals surface area (Å²) in [4.78, 5) is 12.0. The third-order valence-electron chi connectivity index (χ3n) is 3.70. The highest BCUT2D eigenvalue weighted by Crippen LogP contribution is 2.25. The van der Waals surface area contributed by atoms with Crippen LogP contribution < -0.4 is 15.4 Å². The first-order chi connectivity index (χ1) is 11.1. The van der Waals surface area contributed by atoms with Crippen LogP contribution >= 0.6 is 0 Å². The monoisotopic (exact) mass is 331 g/mol. The molecule has 0 bridgehead atoms. The zero-order chi connectivity index (χ0) is 16.2. The van der Waals surface area contributed by atoms with E-state index < -0.39 is 11.3 Å². The van der Waals surface area contributed by atoms with Gasteiger partial charge in [0.1, 0.15) is 0 Å². The van der Waals surface area contributed by atoms with Crippen LogP contribution in [-0.4, -0.2) is 14.8 Å². The highest BCUT2D eigenvalue weighted by Gasteiger charge is 2.11. The maximum Gasteiger partial charge on any atom is 0.323 e. The summed E-state index contributed by atoms with van der Waals surface area (Å²) in [7, 11) is 0. The Morgan fingerprint density at radius 2 is 1.52 bits per heavy atom. The lowest BCUT2D eigenvalue weighted by molar-refractivity contribution is 0.262. The second-order valence-electron chi connectivity index (χ2n) is 5.34. The minimum atomic E-state index is -2.11. The van der Waals surface area contributed by atoms with Crippen LogP contribution in [0, 0.1) is 0 Å². The van der Waals surface area contributed by atoms with E-state index in [1.54, 1.807) is 24.3 Å². The Bertz CT molecular complexity index is 747. The fourth-order valence-electron chi connectivity index (χ4n) is 2.67. The number of hydrogen-bond donors (Lipinski definition) is 4. The van der Waals surface area contributed by atoms with Crippen molar-refractivity contribution in [3.8, 4) is 0 Å². The second-order valence-corrected chi connectivity index (χ2v) is 6.05. The van der Waals surface area contributed by atoms with Gasteiger partial charge in [-0.15, -0.1) is 0 Å². The van der Waals surface area contributed by atoms with Crippen molar-refractivity contribution in [2.24, 2.45) is 0 Å². The van der Waals surface area contributed by atoms with Gasteiger partial charge in [0.2, 0.25) is 0 Å². The van der Waals surface area contributed by atoms with Gasteiger partial charge in [-0.1, -0.05) is 6.07 Å². The van der Waals surface area contributed by atoms with E-state index in [2.05, 4.69) is 21.4 Å². The standard InChI is InChI=1S/C16H17N3O3S/c20-16(17-13-6-8-14(9-7-13)19-23(21)22)18-15-5-4-11-2-1-3-12(11)10-15/h4-10,19H,1-3H2,(H,21,22)(H2,17,18,20). The Morgan fingerprint density at radius 3 is 2.26 bits per heavy atom. The highest BCUT2D eigenvalue weighted by molar-refractivity contribution is 7.80. The lowest BCUT2D eigenvalue weighted by Gasteiger charge is -2.10. The molecule has 0 saturated carbocycles. The molecular weight excluding hydrogens is 314 g/mol. The molecule has 2 amide bonds. The van der Waals surface area contributed by atoms with Crippen LogP contribution in [0.3, 0.4) is 0 Å². The number of anilines is 3. The third kappa shape index (κ3) is 4.08. The molecular formula is C16H17N3O3S. The van der Waals surface area contributed by atoms with Crippen LogP contribution in [0.15, 0.2) is 42.5 Å². The van der Waals surface area contributed by atoms with E-state index in [4.69, 9.17) is 4.55 Å². The average molecular weight is 331 g/mol. The molecule has 2 aromatic rings. The Kier molecular flexibility index (Phi) is 4.59. The molecule has 23 heavy (non-hydrogen) atoms. The molecule has 0 spiro atoms. The Morgan fingerprint density at radius 1 is 0.913 bits per heavy atom. The summed E-state index contributed by atoms with van der Waals surface area (Å²) in [5, 5.41) is 5.54. The summed E-state index contributed by atoms with van der Waals surface area (Å²) in [5.41, 5.74) is 4.53. The number of carbonyl (C=O) groups excluding carboxylic acids is 1. The summed E-state index contributed by atoms with van der Waals surface area (Å²) >= 11 is -2.11. The van der Waals surface area contributed by atoms with Crippen LogP contribution in [0.1, 0.15) is 17.5 Å². The van der Waals surface area contributed by atoms with Gasteiger partial charge in [-0.05, 0) is 66.8 Å². The van der Waals surface area contributed by atoms with Gasteiger partial charge in [0.15, 0.2) is 0 Å². The second kappa shape index (κ2) is 6.80. The van der Waals surface area contributed by atoms with Gasteiger partial charge in [-0.3, -0.25) is 9.27 Å². The van der Waals surface area contributed by atoms with Crippen molar-refractivity contribution < 1.29 is 13.6 Å². The van der Waals surface area contributed by atoms with Crippen molar-refractivity contribution in [2.45, 2.75) is 19.3 Å². The zero-order valence-corrected chi connectivity index (χ0v) is 13.2. The summed E-state index contributed by atoms with van der Waals surface area (Å²) in [6.45, 7) is 0. The SMILES string of the molecule is O=C(Nc1ccc(NS(=O)O)cc1)Nc1ccc2c(c1)CCC2. The van der Waals surface area contributed by atoms with E-state index in [0.29, 0.717) is 11.4 Å². The van der Waals surface area contributed by atoms with Crippen LogP contribution in [0.5, 0.6) is 0 Å². The van der Waals surface area contributed by atoms with Crippen molar-refractivity contribution in [1.82, 2.24) is 0 Å². The van der Waals surface area contributed by atoms with E-state index in [0.717, 1.165) is 18.5 Å². The number of rotatable bonds is 4. The Labute approximate surface area is 136 Å². The van der Waals surface area contributed by atoms with Crippen molar-refractivity contribution in [2.75, 3.05) is 15.4 Å². The van der Waals surface area contributed by atoms with E-state index in [9.17, 15) is 9.00 Å². The van der Waals surface area contributed by atoms with Crippen molar-refractivity contribution in [1.29, 1.82) is 0 Å². The molecule has 4 N–H and O–H groups in total. The summed E-state index contributed by atoms with van der Waals surface area (Å²) < 4.78 is 21.7. The molecule has 0 aromatic heterocycles. The van der Waals surface area contributed by atoms with Gasteiger partial charge in [-0.2, -0.15) is 0 Å². The summed E-state index contributed by atoms with van der Waals surface area (Å²) in [6.07, 6.45) is 3.35. The smallest absolute Gasteiger partial charge is 0.308 e. The molecule has 7 heteroatoms. The maximum absolute atomic E-state index is 12.0.